The van der Waals surface area contributed by atoms with Crippen molar-refractivity contribution in [3.05, 3.63) is 93.9 Å². The normalized spacial score (nSPS) is 18.7. The Morgan fingerprint density at radius 1 is 1.05 bits per heavy atom. The van der Waals surface area contributed by atoms with E-state index in [9.17, 15) is 14.0 Å². The van der Waals surface area contributed by atoms with Crippen molar-refractivity contribution < 1.29 is 23.1 Å². The van der Waals surface area contributed by atoms with Gasteiger partial charge in [0.2, 0.25) is 11.8 Å². The second kappa shape index (κ2) is 9.81. The molecule has 2 atom stereocenters. The van der Waals surface area contributed by atoms with Gasteiger partial charge in [-0.1, -0.05) is 28.1 Å². The van der Waals surface area contributed by atoms with Crippen LogP contribution in [0.2, 0.25) is 0 Å². The molecule has 0 unspecified atom stereocenters. The molecule has 2 aliphatic rings. The molecule has 7 nitrogen and oxygen atoms in total. The molecule has 9 heteroatoms. The number of aromatic nitrogens is 1. The number of nitrogens with one attached hydrogen (secondary N) is 1. The fraction of sp³-hybridized carbons (Fsp3) is 0.207. The summed E-state index contributed by atoms with van der Waals surface area (Å²) in [6.07, 6.45) is -0.539. The van der Waals surface area contributed by atoms with Crippen LogP contribution in [0.3, 0.4) is 0 Å². The van der Waals surface area contributed by atoms with Crippen LogP contribution in [0.15, 0.2) is 75.6 Å². The molecule has 3 aromatic carbocycles. The average molecular weight is 576 g/mol. The van der Waals surface area contributed by atoms with Crippen LogP contribution in [0.25, 0.3) is 22.7 Å². The minimum atomic E-state index is -0.799. The van der Waals surface area contributed by atoms with E-state index in [1.165, 1.54) is 12.1 Å². The van der Waals surface area contributed by atoms with Crippen LogP contribution in [0.4, 0.5) is 10.1 Å². The molecule has 38 heavy (non-hydrogen) atoms. The molecule has 0 radical (unpaired) electrons. The number of rotatable bonds is 6. The molecule has 2 aliphatic heterocycles. The summed E-state index contributed by atoms with van der Waals surface area (Å²) in [7, 11) is 0. The van der Waals surface area contributed by atoms with E-state index in [2.05, 4.69) is 21.2 Å². The second-order valence-corrected chi connectivity index (χ2v) is 10.3. The number of benzene rings is 3. The van der Waals surface area contributed by atoms with Crippen LogP contribution >= 0.6 is 15.9 Å². The van der Waals surface area contributed by atoms with Crippen molar-refractivity contribution in [3.8, 4) is 22.7 Å². The van der Waals surface area contributed by atoms with Crippen LogP contribution in [0.1, 0.15) is 30.0 Å². The van der Waals surface area contributed by atoms with E-state index in [-0.39, 0.29) is 17.6 Å². The Bertz CT molecular complexity index is 1530. The molecule has 0 aliphatic carbocycles. The fourth-order valence-corrected chi connectivity index (χ4v) is 5.09. The third-order valence-electron chi connectivity index (χ3n) is 6.77. The van der Waals surface area contributed by atoms with Crippen molar-refractivity contribution in [3.63, 3.8) is 0 Å². The highest BCUT2D eigenvalue weighted by molar-refractivity contribution is 9.10. The van der Waals surface area contributed by atoms with E-state index in [4.69, 9.17) is 14.1 Å². The van der Waals surface area contributed by atoms with Crippen LogP contribution < -0.4 is 5.32 Å². The van der Waals surface area contributed by atoms with Gasteiger partial charge in [0.05, 0.1) is 6.42 Å². The molecular weight excluding hydrogens is 553 g/mol. The van der Waals surface area contributed by atoms with Crippen LogP contribution in [-0.4, -0.2) is 34.3 Å². The number of anilines is 1. The SMILES string of the molecule is C[C@H]1O[C@H](c2oc(-c3ccc(Br)cc3)nc2-c2ccc(F)cc2)N(CCc2ccc3c(c2)CC(=O)N3)C1=O. The molecule has 0 bridgehead atoms. The van der Waals surface area contributed by atoms with Gasteiger partial charge in [-0.2, -0.15) is 0 Å². The van der Waals surface area contributed by atoms with Crippen LogP contribution in [0.5, 0.6) is 0 Å². The molecule has 1 fully saturated rings. The maximum Gasteiger partial charge on any atom is 0.253 e. The predicted octanol–water partition coefficient (Wildman–Crippen LogP) is 5.89. The maximum atomic E-state index is 13.7. The first-order chi connectivity index (χ1) is 18.4. The first kappa shape index (κ1) is 24.5. The Hall–Kier alpha value is -3.82. The number of carbonyl (C=O) groups excluding carboxylic acids is 2. The summed E-state index contributed by atoms with van der Waals surface area (Å²) in [6.45, 7) is 2.09. The van der Waals surface area contributed by atoms with Gasteiger partial charge >= 0.3 is 0 Å². The number of hydrogen-bond acceptors (Lipinski definition) is 5. The Kier molecular flexibility index (Phi) is 6.33. The number of halogens is 2. The molecule has 4 aromatic rings. The van der Waals surface area contributed by atoms with E-state index in [1.54, 1.807) is 24.0 Å². The van der Waals surface area contributed by atoms with Gasteiger partial charge in [-0.3, -0.25) is 9.59 Å². The summed E-state index contributed by atoms with van der Waals surface area (Å²) in [5.74, 6) is 0.226. The highest BCUT2D eigenvalue weighted by Gasteiger charge is 2.42. The number of hydrogen-bond donors (Lipinski definition) is 1. The predicted molar refractivity (Wildman–Crippen MR) is 143 cm³/mol. The molecule has 1 aromatic heterocycles. The standard InChI is InChI=1S/C29H23BrFN3O4/c1-16-28(36)34(13-12-17-2-11-23-20(14-17)15-24(35)32-23)29(37-16)26-25(18-5-9-22(31)10-6-18)33-27(38-26)19-3-7-21(30)8-4-19/h2-11,14,16,29H,12-13,15H2,1H3,(H,32,35)/t16-,29-/m1/s1. The lowest BCUT2D eigenvalue weighted by Crippen LogP contribution is -2.32. The Balaban J connectivity index is 1.34. The lowest BCUT2D eigenvalue weighted by Gasteiger charge is -2.22. The third kappa shape index (κ3) is 4.63. The quantitative estimate of drug-likeness (QED) is 0.310. The van der Waals surface area contributed by atoms with Crippen molar-refractivity contribution in [2.24, 2.45) is 0 Å². The van der Waals surface area contributed by atoms with Gasteiger partial charge in [-0.15, -0.1) is 0 Å². The van der Waals surface area contributed by atoms with Gasteiger partial charge in [0.1, 0.15) is 17.6 Å². The van der Waals surface area contributed by atoms with Gasteiger partial charge in [-0.05, 0) is 79.1 Å². The summed E-state index contributed by atoms with van der Waals surface area (Å²) in [6, 6.07) is 19.4. The van der Waals surface area contributed by atoms with Gasteiger partial charge < -0.3 is 19.4 Å². The number of carbonyl (C=O) groups is 2. The van der Waals surface area contributed by atoms with Gasteiger partial charge in [0.15, 0.2) is 12.0 Å². The van der Waals surface area contributed by atoms with Gasteiger partial charge in [0.25, 0.3) is 5.91 Å². The Morgan fingerprint density at radius 3 is 2.55 bits per heavy atom. The molecule has 3 heterocycles. The smallest absolute Gasteiger partial charge is 0.253 e. The minimum Gasteiger partial charge on any atom is -0.436 e. The van der Waals surface area contributed by atoms with Crippen LogP contribution in [0, 0.1) is 5.82 Å². The molecule has 1 N–H and O–H groups in total. The van der Waals surface area contributed by atoms with Crippen molar-refractivity contribution in [1.82, 2.24) is 9.88 Å². The summed E-state index contributed by atoms with van der Waals surface area (Å²) >= 11 is 3.44. The monoisotopic (exact) mass is 575 g/mol. The van der Waals surface area contributed by atoms with Gasteiger partial charge in [-0.25, -0.2) is 9.37 Å². The number of fused-ring (bicyclic) bond motifs is 1. The molecule has 2 amide bonds. The van der Waals surface area contributed by atoms with E-state index >= 15 is 0 Å². The third-order valence-corrected chi connectivity index (χ3v) is 7.30. The first-order valence-electron chi connectivity index (χ1n) is 12.3. The fourth-order valence-electron chi connectivity index (χ4n) is 4.82. The Morgan fingerprint density at radius 2 is 1.79 bits per heavy atom. The maximum absolute atomic E-state index is 13.7. The molecule has 0 spiro atoms. The number of ether oxygens (including phenoxy) is 1. The van der Waals surface area contributed by atoms with E-state index in [0.29, 0.717) is 42.3 Å². The minimum absolute atomic E-state index is 0.0191. The van der Waals surface area contributed by atoms with E-state index in [1.807, 2.05) is 42.5 Å². The van der Waals surface area contributed by atoms with Crippen molar-refractivity contribution in [2.45, 2.75) is 32.1 Å². The zero-order valence-corrected chi connectivity index (χ0v) is 22.0. The lowest BCUT2D eigenvalue weighted by molar-refractivity contribution is -0.130. The Labute approximate surface area is 226 Å². The molecule has 192 valence electrons. The molecule has 0 saturated carbocycles. The number of oxazole rings is 1. The largest absolute Gasteiger partial charge is 0.436 e. The summed E-state index contributed by atoms with van der Waals surface area (Å²) in [5.41, 5.74) is 4.69. The van der Waals surface area contributed by atoms with Gasteiger partial charge in [0, 0.05) is 27.8 Å². The van der Waals surface area contributed by atoms with E-state index in [0.717, 1.165) is 26.9 Å². The average Bonchev–Trinajstić information content (AvgIpc) is 3.58. The zero-order chi connectivity index (χ0) is 26.4. The van der Waals surface area contributed by atoms with E-state index < -0.39 is 12.3 Å². The first-order valence-corrected chi connectivity index (χ1v) is 13.1. The summed E-state index contributed by atoms with van der Waals surface area (Å²) in [4.78, 5) is 31.3. The molecule has 6 rings (SSSR count). The second-order valence-electron chi connectivity index (χ2n) is 9.37. The highest BCUT2D eigenvalue weighted by Crippen LogP contribution is 2.40. The topological polar surface area (TPSA) is 84.7 Å². The number of amides is 2. The summed E-state index contributed by atoms with van der Waals surface area (Å²) in [5, 5.41) is 2.84. The van der Waals surface area contributed by atoms with Crippen molar-refractivity contribution in [1.29, 1.82) is 0 Å². The zero-order valence-electron chi connectivity index (χ0n) is 20.4. The molecular formula is C29H23BrFN3O4. The van der Waals surface area contributed by atoms with Crippen LogP contribution in [-0.2, 0) is 27.2 Å². The lowest BCUT2D eigenvalue weighted by atomic mass is 10.1. The van der Waals surface area contributed by atoms with Crippen molar-refractivity contribution >= 4 is 33.4 Å². The summed E-state index contributed by atoms with van der Waals surface area (Å²) < 4.78 is 27.0. The highest BCUT2D eigenvalue weighted by atomic mass is 79.9. The number of nitrogens with zero attached hydrogens (tertiary/aromatic N) is 2. The molecule has 1 saturated heterocycles. The van der Waals surface area contributed by atoms with Crippen molar-refractivity contribution in [2.75, 3.05) is 11.9 Å².